The minimum Gasteiger partial charge on any atom is -0.497 e. The standard InChI is InChI=1S/C31H28Cl2N2O2/c1-20-17-24(19-22-3-10-25(32)11-4-22)30-28(18-20)31(23-8-12-26(33)13-9-23)35(34-30)29(36)16-7-21-5-14-27(37-2)15-6-21/h3-16,19-20,28,31H,17-18H2,1-2H3. The Bertz CT molecular complexity index is 1360. The van der Waals surface area contributed by atoms with Crippen molar-refractivity contribution in [2.75, 3.05) is 7.11 Å². The second-order valence-electron chi connectivity index (χ2n) is 9.64. The lowest BCUT2D eigenvalue weighted by atomic mass is 9.73. The number of allylic oxidation sites excluding steroid dienone is 1. The molecule has 1 fully saturated rings. The van der Waals surface area contributed by atoms with Crippen molar-refractivity contribution in [1.82, 2.24) is 5.01 Å². The van der Waals surface area contributed by atoms with E-state index >= 15 is 0 Å². The highest BCUT2D eigenvalue weighted by Crippen LogP contribution is 2.46. The van der Waals surface area contributed by atoms with Crippen LogP contribution in [-0.4, -0.2) is 23.7 Å². The molecule has 3 aromatic carbocycles. The van der Waals surface area contributed by atoms with Gasteiger partial charge in [0, 0.05) is 22.0 Å². The predicted octanol–water partition coefficient (Wildman–Crippen LogP) is 8.08. The minimum absolute atomic E-state index is 0.0989. The van der Waals surface area contributed by atoms with Crippen molar-refractivity contribution in [3.05, 3.63) is 111 Å². The molecule has 188 valence electrons. The van der Waals surface area contributed by atoms with Crippen molar-refractivity contribution in [3.63, 3.8) is 0 Å². The Labute approximate surface area is 227 Å². The van der Waals surface area contributed by atoms with Crippen LogP contribution in [0.15, 0.2) is 89.5 Å². The molecule has 0 saturated heterocycles. The van der Waals surface area contributed by atoms with Gasteiger partial charge in [-0.2, -0.15) is 5.10 Å². The van der Waals surface area contributed by atoms with Crippen LogP contribution in [0.3, 0.4) is 0 Å². The highest BCUT2D eigenvalue weighted by atomic mass is 35.5. The average Bonchev–Trinajstić information content (AvgIpc) is 3.29. The SMILES string of the molecule is COc1ccc(C=CC(=O)N2N=C3C(=Cc4ccc(Cl)cc4)CC(C)CC3C2c2ccc(Cl)cc2)cc1. The zero-order valence-electron chi connectivity index (χ0n) is 20.8. The Morgan fingerprint density at radius 3 is 2.22 bits per heavy atom. The highest BCUT2D eigenvalue weighted by Gasteiger charge is 2.44. The molecule has 0 aromatic heterocycles. The number of hydrazone groups is 1. The van der Waals surface area contributed by atoms with Gasteiger partial charge in [0.25, 0.3) is 5.91 Å². The number of hydrogen-bond acceptors (Lipinski definition) is 3. The first-order valence-corrected chi connectivity index (χ1v) is 13.1. The van der Waals surface area contributed by atoms with E-state index in [9.17, 15) is 4.79 Å². The molecule has 0 radical (unpaired) electrons. The topological polar surface area (TPSA) is 41.9 Å². The van der Waals surface area contributed by atoms with E-state index in [1.165, 1.54) is 5.57 Å². The van der Waals surface area contributed by atoms with Crippen LogP contribution in [0, 0.1) is 11.8 Å². The van der Waals surface area contributed by atoms with Gasteiger partial charge in [-0.15, -0.1) is 0 Å². The third-order valence-corrected chi connectivity index (χ3v) is 7.45. The van der Waals surface area contributed by atoms with Crippen LogP contribution >= 0.6 is 23.2 Å². The number of carbonyl (C=O) groups is 1. The molecule has 37 heavy (non-hydrogen) atoms. The molecule has 0 spiro atoms. The number of nitrogens with zero attached hydrogens (tertiary/aromatic N) is 2. The second kappa shape index (κ2) is 11.0. The van der Waals surface area contributed by atoms with Crippen LogP contribution in [0.25, 0.3) is 12.2 Å². The van der Waals surface area contributed by atoms with Crippen molar-refractivity contribution in [2.24, 2.45) is 16.9 Å². The summed E-state index contributed by atoms with van der Waals surface area (Å²) in [6.45, 7) is 2.26. The molecule has 2 aliphatic rings. The number of amides is 1. The molecule has 1 aliphatic carbocycles. The third kappa shape index (κ3) is 5.66. The van der Waals surface area contributed by atoms with Gasteiger partial charge in [0.1, 0.15) is 5.75 Å². The smallest absolute Gasteiger partial charge is 0.267 e. The molecular weight excluding hydrogens is 503 g/mol. The van der Waals surface area contributed by atoms with Gasteiger partial charge in [0.15, 0.2) is 0 Å². The Hall–Kier alpha value is -3.34. The number of halogens is 2. The fourth-order valence-corrected chi connectivity index (χ4v) is 5.44. The number of fused-ring (bicyclic) bond motifs is 1. The lowest BCUT2D eigenvalue weighted by Crippen LogP contribution is -2.32. The number of methoxy groups -OCH3 is 1. The predicted molar refractivity (Wildman–Crippen MR) is 152 cm³/mol. The van der Waals surface area contributed by atoms with Crippen LogP contribution in [0.1, 0.15) is 42.5 Å². The van der Waals surface area contributed by atoms with E-state index in [1.807, 2.05) is 78.9 Å². The van der Waals surface area contributed by atoms with Crippen molar-refractivity contribution >= 4 is 47.0 Å². The van der Waals surface area contributed by atoms with Crippen LogP contribution < -0.4 is 4.74 Å². The quantitative estimate of drug-likeness (QED) is 0.312. The second-order valence-corrected chi connectivity index (χ2v) is 10.5. The summed E-state index contributed by atoms with van der Waals surface area (Å²) in [4.78, 5) is 13.6. The maximum absolute atomic E-state index is 13.6. The summed E-state index contributed by atoms with van der Waals surface area (Å²) < 4.78 is 5.23. The van der Waals surface area contributed by atoms with Gasteiger partial charge < -0.3 is 4.74 Å². The first-order chi connectivity index (χ1) is 17.9. The average molecular weight is 531 g/mol. The van der Waals surface area contributed by atoms with Crippen molar-refractivity contribution < 1.29 is 9.53 Å². The normalized spacial score (nSPS) is 22.3. The monoisotopic (exact) mass is 530 g/mol. The van der Waals surface area contributed by atoms with E-state index in [1.54, 1.807) is 18.2 Å². The Balaban J connectivity index is 1.51. The summed E-state index contributed by atoms with van der Waals surface area (Å²) in [7, 11) is 1.63. The fraction of sp³-hybridized carbons (Fsp3) is 0.226. The lowest BCUT2D eigenvalue weighted by molar-refractivity contribution is -0.128. The summed E-state index contributed by atoms with van der Waals surface area (Å²) >= 11 is 12.3. The summed E-state index contributed by atoms with van der Waals surface area (Å²) in [5.41, 5.74) is 5.17. The molecule has 1 aliphatic heterocycles. The molecule has 5 rings (SSSR count). The maximum atomic E-state index is 13.6. The fourth-order valence-electron chi connectivity index (χ4n) is 5.18. The zero-order valence-corrected chi connectivity index (χ0v) is 22.3. The van der Waals surface area contributed by atoms with E-state index in [0.29, 0.717) is 16.0 Å². The van der Waals surface area contributed by atoms with Gasteiger partial charge in [-0.05, 0) is 89.6 Å². The molecule has 6 heteroatoms. The summed E-state index contributed by atoms with van der Waals surface area (Å²) in [6.07, 6.45) is 7.46. The number of rotatable bonds is 5. The molecule has 3 aromatic rings. The first-order valence-electron chi connectivity index (χ1n) is 12.4. The molecule has 1 heterocycles. The van der Waals surface area contributed by atoms with Gasteiger partial charge in [0.05, 0.1) is 18.9 Å². The van der Waals surface area contributed by atoms with Gasteiger partial charge >= 0.3 is 0 Å². The Morgan fingerprint density at radius 2 is 1.57 bits per heavy atom. The van der Waals surface area contributed by atoms with Gasteiger partial charge in [0.2, 0.25) is 0 Å². The molecule has 4 nitrogen and oxygen atoms in total. The molecule has 3 unspecified atom stereocenters. The molecular formula is C31H28Cl2N2O2. The van der Waals surface area contributed by atoms with Gasteiger partial charge in [-0.3, -0.25) is 4.79 Å². The van der Waals surface area contributed by atoms with Crippen LogP contribution in [0.5, 0.6) is 5.75 Å². The highest BCUT2D eigenvalue weighted by molar-refractivity contribution is 6.30. The lowest BCUT2D eigenvalue weighted by Gasteiger charge is -2.32. The number of carbonyl (C=O) groups excluding carboxylic acids is 1. The largest absolute Gasteiger partial charge is 0.497 e. The summed E-state index contributed by atoms with van der Waals surface area (Å²) in [5.74, 6) is 1.18. The number of ether oxygens (including phenoxy) is 1. The van der Waals surface area contributed by atoms with E-state index in [4.69, 9.17) is 33.0 Å². The van der Waals surface area contributed by atoms with E-state index in [0.717, 1.165) is 41.0 Å². The Kier molecular flexibility index (Phi) is 7.50. The van der Waals surface area contributed by atoms with Crippen LogP contribution in [0.2, 0.25) is 10.0 Å². The van der Waals surface area contributed by atoms with Crippen molar-refractivity contribution in [1.29, 1.82) is 0 Å². The molecule has 3 atom stereocenters. The van der Waals surface area contributed by atoms with E-state index in [-0.39, 0.29) is 17.9 Å². The van der Waals surface area contributed by atoms with Gasteiger partial charge in [-0.1, -0.05) is 66.5 Å². The Morgan fingerprint density at radius 1 is 0.946 bits per heavy atom. The maximum Gasteiger partial charge on any atom is 0.267 e. The van der Waals surface area contributed by atoms with Crippen LogP contribution in [-0.2, 0) is 4.79 Å². The van der Waals surface area contributed by atoms with Crippen LogP contribution in [0.4, 0.5) is 0 Å². The van der Waals surface area contributed by atoms with Crippen molar-refractivity contribution in [3.8, 4) is 5.75 Å². The summed E-state index contributed by atoms with van der Waals surface area (Å²) in [5, 5.41) is 7.99. The first kappa shape index (κ1) is 25.3. The number of hydrogen-bond donors (Lipinski definition) is 0. The molecule has 0 N–H and O–H groups in total. The third-order valence-electron chi connectivity index (χ3n) is 6.95. The van der Waals surface area contributed by atoms with Crippen molar-refractivity contribution in [2.45, 2.75) is 25.8 Å². The zero-order chi connectivity index (χ0) is 25.9. The molecule has 1 saturated carbocycles. The van der Waals surface area contributed by atoms with E-state index < -0.39 is 0 Å². The summed E-state index contributed by atoms with van der Waals surface area (Å²) in [6, 6.07) is 23.0. The molecule has 0 bridgehead atoms. The number of benzene rings is 3. The minimum atomic E-state index is -0.198. The van der Waals surface area contributed by atoms with Gasteiger partial charge in [-0.25, -0.2) is 5.01 Å². The molecule has 1 amide bonds. The van der Waals surface area contributed by atoms with E-state index in [2.05, 4.69) is 13.0 Å².